The highest BCUT2D eigenvalue weighted by molar-refractivity contribution is 6.83. The van der Waals surface area contributed by atoms with Crippen LogP contribution in [0.4, 0.5) is 0 Å². The first kappa shape index (κ1) is 13.6. The summed E-state index contributed by atoms with van der Waals surface area (Å²) in [6, 6.07) is 0. The molecular weight excluding hydrogens is 208 g/mol. The van der Waals surface area contributed by atoms with E-state index in [9.17, 15) is 0 Å². The van der Waals surface area contributed by atoms with Crippen molar-refractivity contribution in [1.29, 1.82) is 0 Å². The summed E-state index contributed by atoms with van der Waals surface area (Å²) in [6.45, 7) is 9.16. The minimum Gasteiger partial charge on any atom is -0.132 e. The normalized spacial score (nSPS) is 19.1. The molecule has 1 aliphatic carbocycles. The highest BCUT2D eigenvalue weighted by atomic mass is 28.3. The molecule has 1 fully saturated rings. The Labute approximate surface area is 103 Å². The summed E-state index contributed by atoms with van der Waals surface area (Å²) in [6.07, 6.45) is 10.6. The molecule has 0 spiro atoms. The van der Waals surface area contributed by atoms with Crippen LogP contribution in [0.1, 0.15) is 45.4 Å². The van der Waals surface area contributed by atoms with E-state index < -0.39 is 8.07 Å². The third-order valence-corrected chi connectivity index (χ3v) is 3.93. The fourth-order valence-corrected chi connectivity index (χ4v) is 2.83. The van der Waals surface area contributed by atoms with E-state index in [-0.39, 0.29) is 0 Å². The minimum atomic E-state index is -1.16. The van der Waals surface area contributed by atoms with Crippen molar-refractivity contribution in [2.75, 3.05) is 0 Å². The third kappa shape index (κ3) is 6.18. The Morgan fingerprint density at radius 1 is 1.19 bits per heavy atom. The van der Waals surface area contributed by atoms with Gasteiger partial charge in [0.25, 0.3) is 0 Å². The molecular formula is C15H26Si. The van der Waals surface area contributed by atoms with E-state index in [1.54, 1.807) is 0 Å². The van der Waals surface area contributed by atoms with Gasteiger partial charge in [-0.25, -0.2) is 0 Å². The van der Waals surface area contributed by atoms with Crippen molar-refractivity contribution in [3.05, 3.63) is 11.6 Å². The molecule has 0 aliphatic heterocycles. The monoisotopic (exact) mass is 234 g/mol. The molecule has 90 valence electrons. The van der Waals surface area contributed by atoms with E-state index in [2.05, 4.69) is 44.1 Å². The standard InChI is InChI=1S/C15H26Si/c1-14(9-8-12-16(2,3)4)13-15-10-6-5-7-11-15/h13,15H,5-7,9-11H2,1-4H3/b14-13+. The second-order valence-corrected chi connectivity index (χ2v) is 10.9. The van der Waals surface area contributed by atoms with Crippen molar-refractivity contribution in [3.8, 4) is 11.5 Å². The van der Waals surface area contributed by atoms with Crippen LogP contribution in [-0.2, 0) is 0 Å². The minimum absolute atomic E-state index is 0.849. The summed E-state index contributed by atoms with van der Waals surface area (Å²) in [4.78, 5) is 0. The number of allylic oxidation sites excluding steroid dienone is 2. The molecule has 1 aliphatic rings. The average Bonchev–Trinajstić information content (AvgIpc) is 2.17. The Morgan fingerprint density at radius 2 is 1.81 bits per heavy atom. The smallest absolute Gasteiger partial charge is 0.129 e. The Balaban J connectivity index is 2.40. The first-order chi connectivity index (χ1) is 7.47. The van der Waals surface area contributed by atoms with Crippen molar-refractivity contribution in [3.63, 3.8) is 0 Å². The van der Waals surface area contributed by atoms with Crippen LogP contribution >= 0.6 is 0 Å². The lowest BCUT2D eigenvalue weighted by Gasteiger charge is -2.18. The molecule has 0 bridgehead atoms. The number of rotatable bonds is 2. The van der Waals surface area contributed by atoms with E-state index in [1.807, 2.05) is 0 Å². The molecule has 0 aromatic rings. The zero-order chi connectivity index (χ0) is 12.0. The van der Waals surface area contributed by atoms with Crippen LogP contribution in [0.5, 0.6) is 0 Å². The summed E-state index contributed by atoms with van der Waals surface area (Å²) in [7, 11) is -1.16. The lowest BCUT2D eigenvalue weighted by molar-refractivity contribution is 0.417. The summed E-state index contributed by atoms with van der Waals surface area (Å²) in [5.74, 6) is 4.21. The Morgan fingerprint density at radius 3 is 2.38 bits per heavy atom. The predicted molar refractivity (Wildman–Crippen MR) is 76.1 cm³/mol. The summed E-state index contributed by atoms with van der Waals surface area (Å²) in [5.41, 5.74) is 4.92. The first-order valence-electron chi connectivity index (χ1n) is 6.65. The Kier molecular flexibility index (Phi) is 5.35. The molecule has 0 aromatic carbocycles. The highest BCUT2D eigenvalue weighted by Crippen LogP contribution is 2.25. The van der Waals surface area contributed by atoms with Crippen molar-refractivity contribution < 1.29 is 0 Å². The Bertz CT molecular complexity index is 290. The van der Waals surface area contributed by atoms with E-state index in [0.717, 1.165) is 12.3 Å². The third-order valence-electron chi connectivity index (χ3n) is 3.00. The fourth-order valence-electron chi connectivity index (χ4n) is 2.21. The molecule has 0 nitrogen and oxygen atoms in total. The molecule has 0 atom stereocenters. The van der Waals surface area contributed by atoms with E-state index in [1.165, 1.54) is 37.7 Å². The molecule has 1 heteroatoms. The van der Waals surface area contributed by atoms with Crippen LogP contribution in [0.25, 0.3) is 0 Å². The lowest BCUT2D eigenvalue weighted by Crippen LogP contribution is -2.16. The van der Waals surface area contributed by atoms with Crippen LogP contribution in [0, 0.1) is 17.4 Å². The molecule has 1 rings (SSSR count). The van der Waals surface area contributed by atoms with Crippen molar-refractivity contribution >= 4 is 8.07 Å². The molecule has 0 heterocycles. The summed E-state index contributed by atoms with van der Waals surface area (Å²) < 4.78 is 0. The summed E-state index contributed by atoms with van der Waals surface area (Å²) in [5, 5.41) is 0. The van der Waals surface area contributed by atoms with Gasteiger partial charge in [-0.1, -0.05) is 50.6 Å². The van der Waals surface area contributed by atoms with E-state index >= 15 is 0 Å². The maximum Gasteiger partial charge on any atom is 0.129 e. The van der Waals surface area contributed by atoms with Gasteiger partial charge in [-0.05, 0) is 25.7 Å². The molecule has 0 unspecified atom stereocenters. The van der Waals surface area contributed by atoms with Gasteiger partial charge in [-0.2, -0.15) is 0 Å². The van der Waals surface area contributed by atoms with E-state index in [0.29, 0.717) is 0 Å². The van der Waals surface area contributed by atoms with Crippen LogP contribution in [0.3, 0.4) is 0 Å². The fraction of sp³-hybridized carbons (Fsp3) is 0.733. The van der Waals surface area contributed by atoms with Crippen molar-refractivity contribution in [2.45, 2.75) is 65.1 Å². The topological polar surface area (TPSA) is 0 Å². The van der Waals surface area contributed by atoms with Crippen LogP contribution in [0.2, 0.25) is 19.6 Å². The van der Waals surface area contributed by atoms with Gasteiger partial charge in [0.1, 0.15) is 8.07 Å². The van der Waals surface area contributed by atoms with Gasteiger partial charge in [-0.3, -0.25) is 0 Å². The zero-order valence-corrected chi connectivity index (χ0v) is 12.4. The van der Waals surface area contributed by atoms with Gasteiger partial charge in [0.15, 0.2) is 0 Å². The van der Waals surface area contributed by atoms with Gasteiger partial charge < -0.3 is 0 Å². The largest absolute Gasteiger partial charge is 0.132 e. The van der Waals surface area contributed by atoms with Gasteiger partial charge in [0, 0.05) is 6.42 Å². The van der Waals surface area contributed by atoms with Crippen LogP contribution < -0.4 is 0 Å². The van der Waals surface area contributed by atoms with E-state index in [4.69, 9.17) is 0 Å². The van der Waals surface area contributed by atoms with Crippen LogP contribution in [-0.4, -0.2) is 8.07 Å². The summed E-state index contributed by atoms with van der Waals surface area (Å²) >= 11 is 0. The van der Waals surface area contributed by atoms with Gasteiger partial charge >= 0.3 is 0 Å². The molecule has 0 N–H and O–H groups in total. The maximum atomic E-state index is 3.44. The molecule has 16 heavy (non-hydrogen) atoms. The van der Waals surface area contributed by atoms with Gasteiger partial charge in [-0.15, -0.1) is 11.5 Å². The average molecular weight is 234 g/mol. The van der Waals surface area contributed by atoms with Crippen LogP contribution in [0.15, 0.2) is 11.6 Å². The molecule has 0 amide bonds. The van der Waals surface area contributed by atoms with Gasteiger partial charge in [0.2, 0.25) is 0 Å². The molecule has 0 radical (unpaired) electrons. The zero-order valence-electron chi connectivity index (χ0n) is 11.4. The Hall–Kier alpha value is -0.483. The van der Waals surface area contributed by atoms with Gasteiger partial charge in [0.05, 0.1) is 0 Å². The number of hydrogen-bond acceptors (Lipinski definition) is 0. The molecule has 0 aromatic heterocycles. The highest BCUT2D eigenvalue weighted by Gasteiger charge is 2.10. The second kappa shape index (κ2) is 6.30. The lowest BCUT2D eigenvalue weighted by atomic mass is 9.88. The quantitative estimate of drug-likeness (QED) is 0.366. The maximum absolute atomic E-state index is 3.44. The predicted octanol–water partition coefficient (Wildman–Crippen LogP) is 4.78. The van der Waals surface area contributed by atoms with Crippen molar-refractivity contribution in [1.82, 2.24) is 0 Å². The first-order valence-corrected chi connectivity index (χ1v) is 10.1. The SMILES string of the molecule is C/C(=C\C1CCCCC1)CC#C[Si](C)(C)C. The second-order valence-electron chi connectivity index (χ2n) is 6.14. The molecule has 1 saturated carbocycles. The number of hydrogen-bond donors (Lipinski definition) is 0. The van der Waals surface area contributed by atoms with Crippen molar-refractivity contribution in [2.24, 2.45) is 5.92 Å². The molecule has 0 saturated heterocycles.